The normalized spacial score (nSPS) is 20.2. The molecule has 0 aromatic heterocycles. The summed E-state index contributed by atoms with van der Waals surface area (Å²) in [7, 11) is 0. The van der Waals surface area contributed by atoms with Crippen LogP contribution in [0.5, 0.6) is 5.75 Å². The van der Waals surface area contributed by atoms with E-state index in [-0.39, 0.29) is 12.2 Å². The van der Waals surface area contributed by atoms with Crippen LogP contribution in [0, 0.1) is 0 Å². The summed E-state index contributed by atoms with van der Waals surface area (Å²) in [5, 5.41) is 0. The minimum Gasteiger partial charge on any atom is -0.491 e. The lowest BCUT2D eigenvalue weighted by Crippen LogP contribution is -2.25. The predicted octanol–water partition coefficient (Wildman–Crippen LogP) is 4.37. The maximum Gasteiger partial charge on any atom is 0.119 e. The highest BCUT2D eigenvalue weighted by atomic mass is 127. The van der Waals surface area contributed by atoms with Gasteiger partial charge in [0.25, 0.3) is 0 Å². The van der Waals surface area contributed by atoms with Crippen molar-refractivity contribution >= 4 is 45.9 Å². The smallest absolute Gasteiger partial charge is 0.119 e. The van der Waals surface area contributed by atoms with Crippen LogP contribution in [-0.4, -0.2) is 25.9 Å². The number of rotatable bonds is 8. The first-order valence-electron chi connectivity index (χ1n) is 7.28. The zero-order valence-corrected chi connectivity index (χ0v) is 16.2. The Hall–Kier alpha value is 0.360. The lowest BCUT2D eigenvalue weighted by atomic mass is 10.1. The topological polar surface area (TPSA) is 39.7 Å². The number of hydrogen-bond acceptors (Lipinski definition) is 4. The molecule has 6 heteroatoms. The summed E-state index contributed by atoms with van der Waals surface area (Å²) in [5.41, 5.74) is 1.15. The molecule has 0 bridgehead atoms. The SMILES string of the molecule is INCCC(OI)c1cccc(OCC2CCCCO2)c1. The Kier molecular flexibility index (Phi) is 8.60. The Morgan fingerprint density at radius 2 is 2.29 bits per heavy atom. The van der Waals surface area contributed by atoms with Gasteiger partial charge in [-0.05, 0) is 43.4 Å². The Morgan fingerprint density at radius 3 is 3.00 bits per heavy atom. The molecule has 1 aromatic carbocycles. The summed E-state index contributed by atoms with van der Waals surface area (Å²) in [6.07, 6.45) is 4.76. The van der Waals surface area contributed by atoms with Gasteiger partial charge in [-0.15, -0.1) is 0 Å². The van der Waals surface area contributed by atoms with Gasteiger partial charge in [-0.2, -0.15) is 0 Å². The molecule has 118 valence electrons. The monoisotopic (exact) mass is 517 g/mol. The standard InChI is InChI=1S/C15H21I2NO3/c16-18-8-7-15(21-17)12-4-3-6-13(10-12)20-11-14-5-1-2-9-19-14/h3-4,6,10,14-15,18H,1-2,5,7-9,11H2. The Labute approximate surface area is 154 Å². The fraction of sp³-hybridized carbons (Fsp3) is 0.600. The second-order valence-corrected chi connectivity index (χ2v) is 6.39. The van der Waals surface area contributed by atoms with Gasteiger partial charge in [-0.1, -0.05) is 12.1 Å². The first-order chi connectivity index (χ1) is 10.3. The van der Waals surface area contributed by atoms with Crippen LogP contribution in [0.1, 0.15) is 37.4 Å². The minimum absolute atomic E-state index is 0.0855. The first-order valence-corrected chi connectivity index (χ1v) is 9.24. The van der Waals surface area contributed by atoms with Gasteiger partial charge in [0.2, 0.25) is 0 Å². The summed E-state index contributed by atoms with van der Waals surface area (Å²) in [4.78, 5) is 0. The van der Waals surface area contributed by atoms with Crippen molar-refractivity contribution in [3.8, 4) is 5.75 Å². The van der Waals surface area contributed by atoms with Crippen LogP contribution in [-0.2, 0) is 7.80 Å². The molecule has 2 unspecified atom stereocenters. The summed E-state index contributed by atoms with van der Waals surface area (Å²) in [6.45, 7) is 2.41. The molecule has 0 spiro atoms. The van der Waals surface area contributed by atoms with Crippen LogP contribution in [0.15, 0.2) is 24.3 Å². The lowest BCUT2D eigenvalue weighted by molar-refractivity contribution is -0.0111. The molecule has 21 heavy (non-hydrogen) atoms. The van der Waals surface area contributed by atoms with Gasteiger partial charge in [0.05, 0.1) is 12.2 Å². The molecule has 0 saturated carbocycles. The second kappa shape index (κ2) is 10.2. The highest BCUT2D eigenvalue weighted by molar-refractivity contribution is 14.1. The lowest BCUT2D eigenvalue weighted by Gasteiger charge is -2.23. The molecule has 0 amide bonds. The van der Waals surface area contributed by atoms with Crippen molar-refractivity contribution in [3.63, 3.8) is 0 Å². The van der Waals surface area contributed by atoms with Gasteiger partial charge in [0.15, 0.2) is 0 Å². The Balaban J connectivity index is 1.89. The molecule has 1 N–H and O–H groups in total. The Morgan fingerprint density at radius 1 is 1.38 bits per heavy atom. The third kappa shape index (κ3) is 6.17. The number of halogens is 2. The Bertz CT molecular complexity index is 414. The average molecular weight is 517 g/mol. The molecule has 0 aliphatic carbocycles. The van der Waals surface area contributed by atoms with Crippen molar-refractivity contribution in [2.75, 3.05) is 19.8 Å². The molecule has 2 atom stereocenters. The molecule has 1 saturated heterocycles. The maximum atomic E-state index is 5.89. The largest absolute Gasteiger partial charge is 0.491 e. The van der Waals surface area contributed by atoms with Gasteiger partial charge in [-0.3, -0.25) is 3.53 Å². The maximum absolute atomic E-state index is 5.89. The van der Waals surface area contributed by atoms with Crippen molar-refractivity contribution in [1.82, 2.24) is 3.53 Å². The number of nitrogens with one attached hydrogen (secondary N) is 1. The van der Waals surface area contributed by atoms with Crippen LogP contribution in [0.3, 0.4) is 0 Å². The fourth-order valence-electron chi connectivity index (χ4n) is 2.38. The molecular formula is C15H21I2NO3. The zero-order chi connectivity index (χ0) is 14.9. The predicted molar refractivity (Wildman–Crippen MR) is 100 cm³/mol. The van der Waals surface area contributed by atoms with Crippen LogP contribution in [0.25, 0.3) is 0 Å². The minimum atomic E-state index is 0.0855. The van der Waals surface area contributed by atoms with E-state index in [0.717, 1.165) is 37.3 Å². The van der Waals surface area contributed by atoms with E-state index in [4.69, 9.17) is 12.5 Å². The van der Waals surface area contributed by atoms with Gasteiger partial charge in [-0.25, -0.2) is 0 Å². The van der Waals surface area contributed by atoms with E-state index in [2.05, 4.69) is 38.5 Å². The third-order valence-corrected chi connectivity index (χ3v) is 4.70. The van der Waals surface area contributed by atoms with Crippen LogP contribution < -0.4 is 8.27 Å². The van der Waals surface area contributed by atoms with Gasteiger partial charge in [0, 0.05) is 36.0 Å². The van der Waals surface area contributed by atoms with Crippen molar-refractivity contribution in [1.29, 1.82) is 0 Å². The van der Waals surface area contributed by atoms with E-state index in [1.807, 2.05) is 35.1 Å². The molecule has 0 radical (unpaired) electrons. The fourth-order valence-corrected chi connectivity index (χ4v) is 3.24. The van der Waals surface area contributed by atoms with Crippen molar-refractivity contribution in [2.24, 2.45) is 0 Å². The average Bonchev–Trinajstić information content (AvgIpc) is 2.55. The van der Waals surface area contributed by atoms with E-state index in [0.29, 0.717) is 6.61 Å². The molecule has 1 fully saturated rings. The van der Waals surface area contributed by atoms with Crippen molar-refractivity contribution < 1.29 is 12.5 Å². The number of hydrogen-bond donors (Lipinski definition) is 1. The van der Waals surface area contributed by atoms with E-state index in [1.165, 1.54) is 12.8 Å². The molecule has 1 heterocycles. The quantitative estimate of drug-likeness (QED) is 0.411. The molecule has 4 nitrogen and oxygen atoms in total. The van der Waals surface area contributed by atoms with E-state index >= 15 is 0 Å². The van der Waals surface area contributed by atoms with Crippen LogP contribution in [0.2, 0.25) is 0 Å². The number of ether oxygens (including phenoxy) is 2. The molecule has 1 aromatic rings. The van der Waals surface area contributed by atoms with Crippen molar-refractivity contribution in [3.05, 3.63) is 29.8 Å². The van der Waals surface area contributed by atoms with Gasteiger partial charge < -0.3 is 12.5 Å². The van der Waals surface area contributed by atoms with Gasteiger partial charge >= 0.3 is 0 Å². The van der Waals surface area contributed by atoms with E-state index < -0.39 is 0 Å². The molecular weight excluding hydrogens is 496 g/mol. The van der Waals surface area contributed by atoms with E-state index in [9.17, 15) is 0 Å². The highest BCUT2D eigenvalue weighted by Gasteiger charge is 2.15. The van der Waals surface area contributed by atoms with Crippen molar-refractivity contribution in [2.45, 2.75) is 37.9 Å². The second-order valence-electron chi connectivity index (χ2n) is 5.12. The summed E-state index contributed by atoms with van der Waals surface area (Å²) in [6, 6.07) is 8.17. The van der Waals surface area contributed by atoms with Crippen LogP contribution in [0.4, 0.5) is 0 Å². The van der Waals surface area contributed by atoms with E-state index in [1.54, 1.807) is 0 Å². The molecule has 1 aliphatic heterocycles. The first kappa shape index (κ1) is 17.7. The highest BCUT2D eigenvalue weighted by Crippen LogP contribution is 2.27. The summed E-state index contributed by atoms with van der Waals surface area (Å²) < 4.78 is 20.2. The number of benzene rings is 1. The van der Waals surface area contributed by atoms with Gasteiger partial charge in [0.1, 0.15) is 35.4 Å². The third-order valence-electron chi connectivity index (χ3n) is 3.55. The summed E-state index contributed by atoms with van der Waals surface area (Å²) >= 11 is 4.12. The summed E-state index contributed by atoms with van der Waals surface area (Å²) in [5.74, 6) is 0.891. The zero-order valence-electron chi connectivity index (χ0n) is 11.9. The molecule has 2 rings (SSSR count). The molecule has 1 aliphatic rings. The van der Waals surface area contributed by atoms with Crippen LogP contribution >= 0.6 is 45.9 Å².